The molecule has 1 atom stereocenters. The molecule has 0 aliphatic rings. The number of carbonyl (C=O) groups is 1. The van der Waals surface area contributed by atoms with Crippen molar-refractivity contribution in [3.05, 3.63) is 54.1 Å². The van der Waals surface area contributed by atoms with Gasteiger partial charge in [0.25, 0.3) is 0 Å². The maximum atomic E-state index is 12.9. The minimum atomic E-state index is -1.60. The molecule has 0 bridgehead atoms. The molecule has 110 valence electrons. The first-order chi connectivity index (χ1) is 9.95. The highest BCUT2D eigenvalue weighted by atomic mass is 32.2. The summed E-state index contributed by atoms with van der Waals surface area (Å²) in [5, 5.41) is 2.45. The van der Waals surface area contributed by atoms with Crippen molar-refractivity contribution in [1.29, 1.82) is 0 Å². The van der Waals surface area contributed by atoms with Crippen LogP contribution < -0.4 is 11.1 Å². The molecule has 3 N–H and O–H groups in total. The van der Waals surface area contributed by atoms with Gasteiger partial charge in [-0.3, -0.25) is 9.00 Å². The van der Waals surface area contributed by atoms with Gasteiger partial charge in [0.05, 0.1) is 22.2 Å². The summed E-state index contributed by atoms with van der Waals surface area (Å²) >= 11 is 0. The smallest absolute Gasteiger partial charge is 0.237 e. The number of nitrogens with two attached hydrogens (primary N) is 1. The van der Waals surface area contributed by atoms with Gasteiger partial charge in [-0.2, -0.15) is 0 Å². The van der Waals surface area contributed by atoms with Crippen LogP contribution in [0.2, 0.25) is 0 Å². The molecule has 0 aliphatic carbocycles. The largest absolute Gasteiger partial charge is 0.397 e. The van der Waals surface area contributed by atoms with Crippen molar-refractivity contribution in [3.63, 3.8) is 0 Å². The number of hydrogen-bond acceptors (Lipinski definition) is 3. The molecule has 0 aromatic heterocycles. The first-order valence-corrected chi connectivity index (χ1v) is 7.26. The van der Waals surface area contributed by atoms with Crippen molar-refractivity contribution in [2.75, 3.05) is 16.8 Å². The lowest BCUT2D eigenvalue weighted by Gasteiger charge is -2.08. The molecule has 7 heteroatoms. The van der Waals surface area contributed by atoms with Gasteiger partial charge in [0, 0.05) is 4.90 Å². The third kappa shape index (κ3) is 4.09. The second-order valence-corrected chi connectivity index (χ2v) is 5.67. The SMILES string of the molecule is Nc1cc(F)ccc1NC(=O)CS(=O)c1ccc(F)cc1. The van der Waals surface area contributed by atoms with Crippen LogP contribution >= 0.6 is 0 Å². The summed E-state index contributed by atoms with van der Waals surface area (Å²) in [5.41, 5.74) is 5.88. The Bertz CT molecular complexity index is 690. The molecule has 2 aromatic carbocycles. The molecule has 1 amide bonds. The monoisotopic (exact) mass is 310 g/mol. The molecule has 4 nitrogen and oxygen atoms in total. The molecule has 21 heavy (non-hydrogen) atoms. The Labute approximate surface area is 122 Å². The maximum absolute atomic E-state index is 12.9. The number of amides is 1. The lowest BCUT2D eigenvalue weighted by atomic mass is 10.2. The average Bonchev–Trinajstić information content (AvgIpc) is 2.42. The van der Waals surface area contributed by atoms with E-state index in [0.717, 1.165) is 12.1 Å². The van der Waals surface area contributed by atoms with Gasteiger partial charge in [0.15, 0.2) is 0 Å². The predicted octanol–water partition coefficient (Wildman–Crippen LogP) is 2.29. The number of carbonyl (C=O) groups excluding carboxylic acids is 1. The first-order valence-electron chi connectivity index (χ1n) is 5.94. The van der Waals surface area contributed by atoms with E-state index in [4.69, 9.17) is 5.73 Å². The molecule has 0 spiro atoms. The van der Waals surface area contributed by atoms with Gasteiger partial charge < -0.3 is 11.1 Å². The van der Waals surface area contributed by atoms with Gasteiger partial charge in [-0.05, 0) is 42.5 Å². The van der Waals surface area contributed by atoms with E-state index in [1.807, 2.05) is 0 Å². The molecular weight excluding hydrogens is 298 g/mol. The summed E-state index contributed by atoms with van der Waals surface area (Å²) < 4.78 is 37.6. The fourth-order valence-corrected chi connectivity index (χ4v) is 2.54. The Morgan fingerprint density at radius 3 is 2.33 bits per heavy atom. The van der Waals surface area contributed by atoms with Crippen LogP contribution in [0.25, 0.3) is 0 Å². The molecular formula is C14H12F2N2O2S. The van der Waals surface area contributed by atoms with Gasteiger partial charge in [0.2, 0.25) is 5.91 Å². The summed E-state index contributed by atoms with van der Waals surface area (Å²) in [6.07, 6.45) is 0. The number of nitrogens with one attached hydrogen (secondary N) is 1. The van der Waals surface area contributed by atoms with Gasteiger partial charge in [-0.1, -0.05) is 0 Å². The third-order valence-electron chi connectivity index (χ3n) is 2.63. The number of hydrogen-bond donors (Lipinski definition) is 2. The average molecular weight is 310 g/mol. The van der Waals surface area contributed by atoms with Gasteiger partial charge in [0.1, 0.15) is 17.4 Å². The zero-order valence-corrected chi connectivity index (χ0v) is 11.6. The highest BCUT2D eigenvalue weighted by Crippen LogP contribution is 2.19. The van der Waals surface area contributed by atoms with E-state index in [2.05, 4.69) is 5.32 Å². The molecule has 0 aliphatic heterocycles. The summed E-state index contributed by atoms with van der Waals surface area (Å²) in [4.78, 5) is 12.1. The van der Waals surface area contributed by atoms with Crippen LogP contribution in [0.5, 0.6) is 0 Å². The van der Waals surface area contributed by atoms with Crippen LogP contribution in [0.4, 0.5) is 20.2 Å². The minimum Gasteiger partial charge on any atom is -0.397 e. The molecule has 2 aromatic rings. The molecule has 0 saturated heterocycles. The van der Waals surface area contributed by atoms with E-state index in [0.29, 0.717) is 4.90 Å². The van der Waals surface area contributed by atoms with Gasteiger partial charge in [-0.15, -0.1) is 0 Å². The topological polar surface area (TPSA) is 72.2 Å². The Balaban J connectivity index is 2.01. The van der Waals surface area contributed by atoms with Crippen LogP contribution in [-0.2, 0) is 15.6 Å². The Hall–Kier alpha value is -2.28. The molecule has 0 fully saturated rings. The van der Waals surface area contributed by atoms with E-state index < -0.39 is 28.3 Å². The summed E-state index contributed by atoms with van der Waals surface area (Å²) in [7, 11) is -1.60. The second kappa shape index (κ2) is 6.45. The Kier molecular flexibility index (Phi) is 4.64. The van der Waals surface area contributed by atoms with Crippen molar-refractivity contribution in [3.8, 4) is 0 Å². The minimum absolute atomic E-state index is 0.0796. The quantitative estimate of drug-likeness (QED) is 0.851. The van der Waals surface area contributed by atoms with Gasteiger partial charge >= 0.3 is 0 Å². The van der Waals surface area contributed by atoms with Crippen LogP contribution in [0.15, 0.2) is 47.4 Å². The third-order valence-corrected chi connectivity index (χ3v) is 3.95. The standard InChI is InChI=1S/C14H12F2N2O2S/c15-9-1-4-11(5-2-9)21(20)8-14(19)18-13-6-3-10(16)7-12(13)17/h1-7H,8,17H2,(H,18,19). The summed E-state index contributed by atoms with van der Waals surface area (Å²) in [6.45, 7) is 0. The van der Waals surface area contributed by atoms with Crippen molar-refractivity contribution >= 4 is 28.1 Å². The fraction of sp³-hybridized carbons (Fsp3) is 0.0714. The van der Waals surface area contributed by atoms with Crippen LogP contribution in [0.3, 0.4) is 0 Å². The zero-order valence-electron chi connectivity index (χ0n) is 10.8. The van der Waals surface area contributed by atoms with E-state index in [9.17, 15) is 17.8 Å². The molecule has 0 radical (unpaired) electrons. The number of benzene rings is 2. The number of anilines is 2. The first kappa shape index (κ1) is 15.1. The van der Waals surface area contributed by atoms with Crippen molar-refractivity contribution < 1.29 is 17.8 Å². The van der Waals surface area contributed by atoms with Crippen molar-refractivity contribution in [1.82, 2.24) is 0 Å². The van der Waals surface area contributed by atoms with Crippen molar-refractivity contribution in [2.24, 2.45) is 0 Å². The maximum Gasteiger partial charge on any atom is 0.237 e. The van der Waals surface area contributed by atoms with E-state index in [-0.39, 0.29) is 17.1 Å². The Morgan fingerprint density at radius 2 is 1.71 bits per heavy atom. The van der Waals surface area contributed by atoms with Crippen LogP contribution in [0, 0.1) is 11.6 Å². The van der Waals surface area contributed by atoms with E-state index in [1.165, 1.54) is 30.3 Å². The van der Waals surface area contributed by atoms with Crippen LogP contribution in [-0.4, -0.2) is 15.9 Å². The number of rotatable bonds is 4. The molecule has 2 rings (SSSR count). The summed E-state index contributed by atoms with van der Waals surface area (Å²) in [5.74, 6) is -1.79. The highest BCUT2D eigenvalue weighted by molar-refractivity contribution is 7.85. The van der Waals surface area contributed by atoms with Gasteiger partial charge in [-0.25, -0.2) is 8.78 Å². The molecule has 1 unspecified atom stereocenters. The van der Waals surface area contributed by atoms with E-state index in [1.54, 1.807) is 0 Å². The molecule has 0 saturated carbocycles. The zero-order chi connectivity index (χ0) is 15.4. The fourth-order valence-electron chi connectivity index (χ4n) is 1.62. The Morgan fingerprint density at radius 1 is 1.10 bits per heavy atom. The van der Waals surface area contributed by atoms with Crippen LogP contribution in [0.1, 0.15) is 0 Å². The van der Waals surface area contributed by atoms with Crippen molar-refractivity contribution in [2.45, 2.75) is 4.90 Å². The van der Waals surface area contributed by atoms with E-state index >= 15 is 0 Å². The highest BCUT2D eigenvalue weighted by Gasteiger charge is 2.12. The lowest BCUT2D eigenvalue weighted by Crippen LogP contribution is -2.20. The lowest BCUT2D eigenvalue weighted by molar-refractivity contribution is -0.113. The normalized spacial score (nSPS) is 11.9. The molecule has 0 heterocycles. The number of halogens is 2. The summed E-state index contributed by atoms with van der Waals surface area (Å²) in [6, 6.07) is 8.60. The predicted molar refractivity (Wildman–Crippen MR) is 77.1 cm³/mol. The number of nitrogen functional groups attached to an aromatic ring is 1. The second-order valence-electron chi connectivity index (χ2n) is 4.22.